The van der Waals surface area contributed by atoms with Crippen LogP contribution in [0.2, 0.25) is 0 Å². The van der Waals surface area contributed by atoms with Gasteiger partial charge in [0.2, 0.25) is 0 Å². The summed E-state index contributed by atoms with van der Waals surface area (Å²) < 4.78 is 8.74. The standard InChI is InChI=1S/Ba.K.H2O3Si.3H/c;;1-4(2)3;;;/h;;1-2H;;;/q+2;+1;;3*-1. The second kappa shape index (κ2) is 10.7. The van der Waals surface area contributed by atoms with Gasteiger partial charge in [-0.25, -0.2) is 0 Å². The summed E-state index contributed by atoms with van der Waals surface area (Å²) in [7, 11) is -3.13. The Balaban J connectivity index is -0.00000000450. The van der Waals surface area contributed by atoms with Crippen LogP contribution in [0, 0.1) is 0 Å². The third-order valence-electron chi connectivity index (χ3n) is 0. The molecule has 3 nitrogen and oxygen atoms in total. The Morgan fingerprint density at radius 2 is 1.50 bits per heavy atom. The van der Waals surface area contributed by atoms with E-state index in [2.05, 4.69) is 0 Å². The first-order valence-corrected chi connectivity index (χ1v) is 1.95. The van der Waals surface area contributed by atoms with Gasteiger partial charge in [-0.15, -0.1) is 0 Å². The summed E-state index contributed by atoms with van der Waals surface area (Å²) in [6, 6.07) is 0. The zero-order valence-corrected chi connectivity index (χ0v) is 12.1. The zero-order chi connectivity index (χ0) is 3.58. The van der Waals surface area contributed by atoms with Gasteiger partial charge in [-0.1, -0.05) is 0 Å². The first kappa shape index (κ1) is 15.9. The summed E-state index contributed by atoms with van der Waals surface area (Å²) in [5.74, 6) is 0. The average Bonchev–Trinajstić information content (AvgIpc) is 0.811. The van der Waals surface area contributed by atoms with Crippen molar-refractivity contribution in [2.24, 2.45) is 0 Å². The maximum absolute atomic E-state index is 8.74. The van der Waals surface area contributed by atoms with Crippen molar-refractivity contribution >= 4 is 58.1 Å². The van der Waals surface area contributed by atoms with E-state index in [0.717, 1.165) is 0 Å². The summed E-state index contributed by atoms with van der Waals surface area (Å²) in [5.41, 5.74) is 0. The minimum absolute atomic E-state index is 0. The molecule has 0 saturated carbocycles. The van der Waals surface area contributed by atoms with E-state index in [1.165, 1.54) is 0 Å². The van der Waals surface area contributed by atoms with E-state index < -0.39 is 9.17 Å². The second-order valence-corrected chi connectivity index (χ2v) is 0.848. The minimum Gasteiger partial charge on any atom is -1.00 e. The Labute approximate surface area is 124 Å². The van der Waals surface area contributed by atoms with Crippen molar-refractivity contribution < 1.29 is 69.7 Å². The molecule has 0 aromatic rings. The van der Waals surface area contributed by atoms with E-state index in [9.17, 15) is 0 Å². The normalized spacial score (nSPS) is 4.00. The summed E-state index contributed by atoms with van der Waals surface area (Å²) in [6.07, 6.45) is 0. The molecule has 0 aliphatic rings. The molecule has 0 aliphatic carbocycles. The SMILES string of the molecule is O=[Si](O)O.[Ba+2].[H-].[H-].[H-].[K+]. The Hall–Kier alpha value is 2.82. The summed E-state index contributed by atoms with van der Waals surface area (Å²) >= 11 is 0. The van der Waals surface area contributed by atoms with Crippen molar-refractivity contribution in [1.29, 1.82) is 0 Å². The largest absolute Gasteiger partial charge is 2.00 e. The second-order valence-electron chi connectivity index (χ2n) is 0.283. The van der Waals surface area contributed by atoms with Gasteiger partial charge in [0.15, 0.2) is 0 Å². The Morgan fingerprint density at radius 1 is 1.50 bits per heavy atom. The van der Waals surface area contributed by atoms with Crippen molar-refractivity contribution in [3.63, 3.8) is 0 Å². The molecule has 6 heavy (non-hydrogen) atoms. The molecule has 0 radical (unpaired) electrons. The van der Waals surface area contributed by atoms with Crippen molar-refractivity contribution in [1.82, 2.24) is 0 Å². The van der Waals surface area contributed by atoms with Gasteiger partial charge < -0.3 is 13.9 Å². The Kier molecular flexibility index (Phi) is 28.5. The molecule has 0 bridgehead atoms. The van der Waals surface area contributed by atoms with Crippen LogP contribution in [0.15, 0.2) is 0 Å². The van der Waals surface area contributed by atoms with Gasteiger partial charge in [0.1, 0.15) is 0 Å². The minimum atomic E-state index is -3.13. The van der Waals surface area contributed by atoms with Gasteiger partial charge in [0.05, 0.1) is 0 Å². The number of hydrogen-bond donors (Lipinski definition) is 2. The summed E-state index contributed by atoms with van der Waals surface area (Å²) in [5, 5.41) is 0. The molecule has 0 rings (SSSR count). The van der Waals surface area contributed by atoms with E-state index in [1.54, 1.807) is 0 Å². The average molecular weight is 258 g/mol. The molecule has 0 atom stereocenters. The fourth-order valence-electron chi connectivity index (χ4n) is 0. The predicted octanol–water partition coefficient (Wildman–Crippen LogP) is -4.65. The van der Waals surface area contributed by atoms with Gasteiger partial charge in [-0.05, 0) is 0 Å². The van der Waals surface area contributed by atoms with E-state index in [1.807, 2.05) is 0 Å². The fourth-order valence-corrected chi connectivity index (χ4v) is 0. The summed E-state index contributed by atoms with van der Waals surface area (Å²) in [6.45, 7) is 0. The zero-order valence-electron chi connectivity index (χ0n) is 6.51. The number of hydrogen-bond acceptors (Lipinski definition) is 1. The topological polar surface area (TPSA) is 57.5 Å². The van der Waals surface area contributed by atoms with E-state index >= 15 is 0 Å². The molecule has 0 aromatic heterocycles. The predicted molar refractivity (Wildman–Crippen MR) is 20.0 cm³/mol. The first-order valence-electron chi connectivity index (χ1n) is 0.651. The molecular formula is H5BaKO3Si. The van der Waals surface area contributed by atoms with Gasteiger partial charge in [0.25, 0.3) is 0 Å². The first-order chi connectivity index (χ1) is 1.73. The number of rotatable bonds is 0. The molecule has 0 saturated heterocycles. The van der Waals surface area contributed by atoms with Gasteiger partial charge in [0, 0.05) is 0 Å². The van der Waals surface area contributed by atoms with Gasteiger partial charge in [-0.3, -0.25) is 4.46 Å². The Bertz CT molecular complexity index is 42.0. The van der Waals surface area contributed by atoms with Crippen LogP contribution in [0.25, 0.3) is 0 Å². The summed E-state index contributed by atoms with van der Waals surface area (Å²) in [4.78, 5) is 14.3. The molecular weight excluding hydrogens is 253 g/mol. The van der Waals surface area contributed by atoms with Crippen LogP contribution in [0.3, 0.4) is 0 Å². The van der Waals surface area contributed by atoms with Crippen LogP contribution in [-0.4, -0.2) is 67.6 Å². The van der Waals surface area contributed by atoms with Gasteiger partial charge >= 0.3 is 109 Å². The maximum Gasteiger partial charge on any atom is 2.00 e. The Morgan fingerprint density at radius 3 is 1.50 bits per heavy atom. The molecule has 0 amide bonds. The van der Waals surface area contributed by atoms with Crippen LogP contribution in [0.4, 0.5) is 0 Å². The van der Waals surface area contributed by atoms with Crippen molar-refractivity contribution in [2.75, 3.05) is 0 Å². The van der Waals surface area contributed by atoms with Gasteiger partial charge in [-0.2, -0.15) is 0 Å². The maximum atomic E-state index is 8.74. The van der Waals surface area contributed by atoms with E-state index in [0.29, 0.717) is 0 Å². The molecule has 0 unspecified atom stereocenters. The fraction of sp³-hybridized carbons (Fsp3) is 0. The molecule has 0 spiro atoms. The third kappa shape index (κ3) is 29.0. The van der Waals surface area contributed by atoms with Crippen LogP contribution in [-0.2, 0) is 4.46 Å². The van der Waals surface area contributed by atoms with Crippen molar-refractivity contribution in [2.45, 2.75) is 0 Å². The van der Waals surface area contributed by atoms with Crippen molar-refractivity contribution in [3.05, 3.63) is 0 Å². The monoisotopic (exact) mass is 258 g/mol. The molecule has 30 valence electrons. The quantitative estimate of drug-likeness (QED) is 0.429. The smallest absolute Gasteiger partial charge is 1.00 e. The van der Waals surface area contributed by atoms with Crippen LogP contribution in [0.1, 0.15) is 4.28 Å². The molecule has 0 heterocycles. The van der Waals surface area contributed by atoms with Crippen molar-refractivity contribution in [3.8, 4) is 0 Å². The molecule has 6 heteroatoms. The van der Waals surface area contributed by atoms with Crippen LogP contribution in [0.5, 0.6) is 0 Å². The molecule has 0 aliphatic heterocycles. The van der Waals surface area contributed by atoms with E-state index in [4.69, 9.17) is 14.1 Å². The molecule has 2 N–H and O–H groups in total. The molecule has 0 aromatic carbocycles. The van der Waals surface area contributed by atoms with Crippen LogP contribution < -0.4 is 51.4 Å². The van der Waals surface area contributed by atoms with Crippen LogP contribution >= 0.6 is 0 Å². The molecule has 0 fully saturated rings. The third-order valence-corrected chi connectivity index (χ3v) is 0. The van der Waals surface area contributed by atoms with E-state index in [-0.39, 0.29) is 105 Å².